The summed E-state index contributed by atoms with van der Waals surface area (Å²) in [6, 6.07) is 129. The minimum atomic E-state index is 0. The molecule has 15 aromatic carbocycles. The molecule has 0 aliphatic carbocycles. The standard InChI is InChI=1S/2C43H25N4.C11H8N.Ir/c2*1-3-11-27(12-4-1)41-33-23-25-35-40-36(26-24-34(39(33)40)42(46-41)28-13-5-2-6-14-28)45-43(44-35)29-19-21-30(22-20-29)47-37-17-9-7-15-31(37)32-16-8-10-18-38(32)47;1-2-6-10(7-3-1)11-8-4-5-9-12-11;/h2*1-19,21-26H;1-6,8-9H;/q3*-1;. The fraction of sp³-hybridized carbons (Fsp3) is 0. The van der Waals surface area contributed by atoms with Crippen molar-refractivity contribution in [3.05, 3.63) is 370 Å². The molecule has 0 amide bonds. The molecular formula is C97H58IrN9-3. The molecular weight excluding hydrogens is 1480 g/mol. The Morgan fingerprint density at radius 1 is 0.234 bits per heavy atom. The van der Waals surface area contributed by atoms with Gasteiger partial charge in [-0.15, -0.1) is 95.6 Å². The van der Waals surface area contributed by atoms with Crippen LogP contribution in [0.15, 0.2) is 352 Å². The Morgan fingerprint density at radius 3 is 0.869 bits per heavy atom. The molecule has 0 saturated heterocycles. The summed E-state index contributed by atoms with van der Waals surface area (Å²) >= 11 is 0. The van der Waals surface area contributed by atoms with Crippen LogP contribution >= 0.6 is 0 Å². The molecule has 7 heterocycles. The smallest absolute Gasteiger partial charge is 0.0788 e. The fourth-order valence-corrected chi connectivity index (χ4v) is 15.4. The molecule has 0 N–H and O–H groups in total. The molecule has 503 valence electrons. The minimum Gasteiger partial charge on any atom is -0.351 e. The Balaban J connectivity index is 0.000000125. The maximum Gasteiger partial charge on any atom is 0.0788 e. The molecule has 0 bridgehead atoms. The average molecular weight is 1540 g/mol. The summed E-state index contributed by atoms with van der Waals surface area (Å²) in [6.07, 6.45) is 1.79. The van der Waals surface area contributed by atoms with Gasteiger partial charge < -0.3 is 14.1 Å². The van der Waals surface area contributed by atoms with Crippen LogP contribution in [0.25, 0.3) is 199 Å². The first-order valence-corrected chi connectivity index (χ1v) is 35.4. The van der Waals surface area contributed by atoms with E-state index < -0.39 is 0 Å². The van der Waals surface area contributed by atoms with Crippen molar-refractivity contribution < 1.29 is 20.1 Å². The first-order chi connectivity index (χ1) is 52.6. The van der Waals surface area contributed by atoms with E-state index in [2.05, 4.69) is 299 Å². The zero-order chi connectivity index (χ0) is 70.0. The van der Waals surface area contributed by atoms with Crippen LogP contribution in [-0.4, -0.2) is 44.0 Å². The Labute approximate surface area is 629 Å². The van der Waals surface area contributed by atoms with E-state index in [1.165, 1.54) is 43.6 Å². The summed E-state index contributed by atoms with van der Waals surface area (Å²) in [6.45, 7) is 0. The van der Waals surface area contributed by atoms with Crippen molar-refractivity contribution >= 4 is 109 Å². The molecule has 0 atom stereocenters. The molecule has 0 unspecified atom stereocenters. The van der Waals surface area contributed by atoms with Crippen molar-refractivity contribution in [2.75, 3.05) is 0 Å². The normalized spacial score (nSPS) is 11.5. The summed E-state index contributed by atoms with van der Waals surface area (Å²) in [4.78, 5) is 35.3. The number of pyridine rings is 3. The molecule has 22 rings (SSSR count). The number of hydrogen-bond donors (Lipinski definition) is 0. The van der Waals surface area contributed by atoms with Gasteiger partial charge in [0.15, 0.2) is 0 Å². The van der Waals surface area contributed by atoms with Gasteiger partial charge in [-0.3, -0.25) is 19.9 Å². The molecule has 9 nitrogen and oxygen atoms in total. The van der Waals surface area contributed by atoms with Crippen molar-refractivity contribution in [2.24, 2.45) is 0 Å². The third kappa shape index (κ3) is 11.3. The number of nitrogens with zero attached hydrogens (tertiary/aromatic N) is 9. The van der Waals surface area contributed by atoms with Crippen LogP contribution in [0.5, 0.6) is 0 Å². The van der Waals surface area contributed by atoms with Gasteiger partial charge in [0, 0.05) is 135 Å². The second-order valence-electron chi connectivity index (χ2n) is 26.4. The predicted molar refractivity (Wildman–Crippen MR) is 435 cm³/mol. The van der Waals surface area contributed by atoms with Gasteiger partial charge >= 0.3 is 0 Å². The molecule has 0 saturated carbocycles. The molecule has 0 aliphatic rings. The van der Waals surface area contributed by atoms with E-state index in [-0.39, 0.29) is 20.1 Å². The fourth-order valence-electron chi connectivity index (χ4n) is 15.4. The number of benzene rings is 15. The van der Waals surface area contributed by atoms with Crippen molar-refractivity contribution in [3.8, 4) is 90.4 Å². The van der Waals surface area contributed by atoms with Crippen molar-refractivity contribution in [2.45, 2.75) is 0 Å². The minimum absolute atomic E-state index is 0. The second-order valence-corrected chi connectivity index (χ2v) is 26.4. The van der Waals surface area contributed by atoms with Crippen LogP contribution < -0.4 is 0 Å². The van der Waals surface area contributed by atoms with E-state index in [0.29, 0.717) is 11.6 Å². The van der Waals surface area contributed by atoms with Gasteiger partial charge in [0.1, 0.15) is 0 Å². The number of hydrogen-bond acceptors (Lipinski definition) is 7. The Hall–Kier alpha value is -13.8. The number of para-hydroxylation sites is 4. The Morgan fingerprint density at radius 2 is 0.561 bits per heavy atom. The maximum absolute atomic E-state index is 5.28. The molecule has 0 spiro atoms. The largest absolute Gasteiger partial charge is 0.351 e. The number of rotatable bonds is 9. The molecule has 22 aromatic rings. The zero-order valence-electron chi connectivity index (χ0n) is 57.3. The van der Waals surface area contributed by atoms with Crippen LogP contribution in [0.4, 0.5) is 0 Å². The Kier molecular flexibility index (Phi) is 16.3. The van der Waals surface area contributed by atoms with E-state index in [0.717, 1.165) is 144 Å². The first kappa shape index (κ1) is 64.1. The van der Waals surface area contributed by atoms with Crippen LogP contribution in [-0.2, 0) is 20.1 Å². The van der Waals surface area contributed by atoms with Crippen LogP contribution in [0.1, 0.15) is 0 Å². The SMILES string of the molecule is [Ir].[c-]1cc(-n2c3ccccc3c3ccccc32)ccc1-c1nc2ccc3c(-c4ccccc4)nc(-c4ccccc4)c4ccc(n1)c2c34.[c-]1cc(-n2c3ccccc3c3ccccc32)ccc1-c1nc2ccc3c(-c4ccccc4)nc(-c4ccccc4)c4ccc(n1)c2c34.[c-]1ccccc1-c1ccccn1. The Bertz CT molecular complexity index is 6270. The topological polar surface area (TPSA) is 100 Å². The van der Waals surface area contributed by atoms with Gasteiger partial charge in [0.2, 0.25) is 0 Å². The molecule has 10 heteroatoms. The average Bonchev–Trinajstić information content (AvgIpc) is 1.63. The van der Waals surface area contributed by atoms with E-state index in [1.54, 1.807) is 6.20 Å². The summed E-state index contributed by atoms with van der Waals surface area (Å²) in [5, 5.41) is 13.8. The maximum atomic E-state index is 5.28. The summed E-state index contributed by atoms with van der Waals surface area (Å²) in [5.74, 6) is 1.32. The molecule has 0 fully saturated rings. The van der Waals surface area contributed by atoms with Crippen LogP contribution in [0, 0.1) is 18.2 Å². The second kappa shape index (κ2) is 27.1. The third-order valence-electron chi connectivity index (χ3n) is 20.2. The molecule has 7 aromatic heterocycles. The zero-order valence-corrected chi connectivity index (χ0v) is 59.7. The predicted octanol–water partition coefficient (Wildman–Crippen LogP) is 23.9. The quantitative estimate of drug-likeness (QED) is 0.105. The molecule has 1 radical (unpaired) electrons. The number of fused-ring (bicyclic) bond motifs is 6. The van der Waals surface area contributed by atoms with Gasteiger partial charge in [0.25, 0.3) is 0 Å². The van der Waals surface area contributed by atoms with Gasteiger partial charge in [-0.05, 0) is 71.7 Å². The van der Waals surface area contributed by atoms with Crippen molar-refractivity contribution in [1.29, 1.82) is 0 Å². The molecule has 107 heavy (non-hydrogen) atoms. The van der Waals surface area contributed by atoms with E-state index >= 15 is 0 Å². The van der Waals surface area contributed by atoms with Gasteiger partial charge in [-0.25, -0.2) is 9.97 Å². The van der Waals surface area contributed by atoms with Gasteiger partial charge in [-0.2, -0.15) is 0 Å². The van der Waals surface area contributed by atoms with Crippen molar-refractivity contribution in [3.63, 3.8) is 0 Å². The number of aromatic nitrogens is 9. The van der Waals surface area contributed by atoms with E-state index in [1.807, 2.05) is 78.9 Å². The molecule has 0 aliphatic heterocycles. The third-order valence-corrected chi connectivity index (χ3v) is 20.2. The van der Waals surface area contributed by atoms with E-state index in [9.17, 15) is 0 Å². The van der Waals surface area contributed by atoms with Gasteiger partial charge in [-0.1, -0.05) is 231 Å². The van der Waals surface area contributed by atoms with Crippen molar-refractivity contribution in [1.82, 2.24) is 44.0 Å². The summed E-state index contributed by atoms with van der Waals surface area (Å²) in [5.41, 5.74) is 22.4. The van der Waals surface area contributed by atoms with Crippen LogP contribution in [0.3, 0.4) is 0 Å². The monoisotopic (exact) mass is 1540 g/mol. The summed E-state index contributed by atoms with van der Waals surface area (Å²) in [7, 11) is 0. The first-order valence-electron chi connectivity index (χ1n) is 35.4. The van der Waals surface area contributed by atoms with Crippen LogP contribution in [0.2, 0.25) is 0 Å². The summed E-state index contributed by atoms with van der Waals surface area (Å²) < 4.78 is 4.60. The van der Waals surface area contributed by atoms with Gasteiger partial charge in [0.05, 0.1) is 56.5 Å². The van der Waals surface area contributed by atoms with E-state index in [4.69, 9.17) is 29.9 Å².